The van der Waals surface area contributed by atoms with Crippen LogP contribution in [0.5, 0.6) is 0 Å². The second-order valence-corrected chi connectivity index (χ2v) is 10.4. The Labute approximate surface area is 228 Å². The molecule has 0 saturated carbocycles. The second-order valence-electron chi connectivity index (χ2n) is 9.43. The third kappa shape index (κ3) is 5.31. The summed E-state index contributed by atoms with van der Waals surface area (Å²) >= 11 is 1.16. The average molecular weight is 582 g/mol. The van der Waals surface area contributed by atoms with Gasteiger partial charge in [0, 0.05) is 25.5 Å². The van der Waals surface area contributed by atoms with E-state index < -0.39 is 42.0 Å². The highest BCUT2D eigenvalue weighted by atomic mass is 32.2. The number of carbonyl (C=O) groups excluding carboxylic acids is 2. The smallest absolute Gasteiger partial charge is 0.342 e. The van der Waals surface area contributed by atoms with E-state index in [0.717, 1.165) is 17.8 Å². The van der Waals surface area contributed by atoms with E-state index in [4.69, 9.17) is 0 Å². The first kappa shape index (κ1) is 27.7. The molecule has 2 aliphatic rings. The molecule has 3 aromatic rings. The molecule has 1 unspecified atom stereocenters. The van der Waals surface area contributed by atoms with E-state index in [1.165, 1.54) is 10.9 Å². The largest absolute Gasteiger partial charge is 0.416 e. The molecule has 0 aliphatic carbocycles. The van der Waals surface area contributed by atoms with Crippen LogP contribution in [-0.4, -0.2) is 62.7 Å². The quantitative estimate of drug-likeness (QED) is 0.312. The highest BCUT2D eigenvalue weighted by molar-refractivity contribution is 8.18. The van der Waals surface area contributed by atoms with Crippen molar-refractivity contribution in [2.45, 2.75) is 31.9 Å². The highest BCUT2D eigenvalue weighted by Crippen LogP contribution is 2.38. The number of amides is 2. The Kier molecular flexibility index (Phi) is 6.92. The molecule has 40 heavy (non-hydrogen) atoms. The lowest BCUT2D eigenvalue weighted by molar-refractivity contribution is -0.143. The van der Waals surface area contributed by atoms with Crippen molar-refractivity contribution in [1.82, 2.24) is 19.6 Å². The second kappa shape index (κ2) is 9.98. The van der Waals surface area contributed by atoms with Crippen LogP contribution >= 0.6 is 11.8 Å². The Bertz CT molecular complexity index is 1580. The normalized spacial score (nSPS) is 19.8. The number of halogens is 6. The number of likely N-dealkylation sites (N-methyl/N-ethyl adjacent to an activating group) is 1. The van der Waals surface area contributed by atoms with Crippen LogP contribution < -0.4 is 0 Å². The fraction of sp³-hybridized carbons (Fsp3) is 0.308. The number of fused-ring (bicyclic) bond motifs is 1. The molecule has 2 amide bonds. The molecular formula is C26H21F6N5O2S. The number of thioether (sulfide) groups is 1. The molecule has 0 radical (unpaired) electrons. The molecule has 0 N–H and O–H groups in total. The summed E-state index contributed by atoms with van der Waals surface area (Å²) in [6.07, 6.45) is -6.84. The van der Waals surface area contributed by atoms with Crippen LogP contribution in [0.25, 0.3) is 17.0 Å². The number of alkyl halides is 6. The monoisotopic (exact) mass is 581 g/mol. The van der Waals surface area contributed by atoms with Crippen molar-refractivity contribution in [3.63, 3.8) is 0 Å². The molecule has 2 aromatic carbocycles. The summed E-state index contributed by atoms with van der Waals surface area (Å²) in [5.41, 5.74) is -2.04. The Morgan fingerprint density at radius 2 is 1.77 bits per heavy atom. The first-order chi connectivity index (χ1) is 18.7. The highest BCUT2D eigenvalue weighted by Gasteiger charge is 2.38. The number of hydrogen-bond donors (Lipinski definition) is 0. The molecule has 210 valence electrons. The maximum absolute atomic E-state index is 13.6. The minimum Gasteiger partial charge on any atom is -0.342 e. The van der Waals surface area contributed by atoms with E-state index in [1.807, 2.05) is 0 Å². The van der Waals surface area contributed by atoms with Gasteiger partial charge in [-0.3, -0.25) is 14.3 Å². The van der Waals surface area contributed by atoms with Crippen LogP contribution in [0.3, 0.4) is 0 Å². The Morgan fingerprint density at radius 3 is 2.48 bits per heavy atom. The summed E-state index contributed by atoms with van der Waals surface area (Å²) in [5, 5.41) is 5.14. The van der Waals surface area contributed by atoms with Crippen molar-refractivity contribution in [3.8, 4) is 0 Å². The minimum atomic E-state index is -4.99. The molecule has 0 bridgehead atoms. The zero-order valence-corrected chi connectivity index (χ0v) is 21.9. The fourth-order valence-corrected chi connectivity index (χ4v) is 5.60. The number of benzene rings is 2. The minimum absolute atomic E-state index is 0.0689. The first-order valence-electron chi connectivity index (χ1n) is 12.0. The van der Waals surface area contributed by atoms with Crippen LogP contribution in [-0.2, 0) is 28.5 Å². The van der Waals surface area contributed by atoms with Crippen molar-refractivity contribution < 1.29 is 35.9 Å². The van der Waals surface area contributed by atoms with Gasteiger partial charge in [-0.2, -0.15) is 36.4 Å². The van der Waals surface area contributed by atoms with E-state index in [-0.39, 0.29) is 17.5 Å². The standard InChI is InChI=1S/C26H21F6N5O2S/c1-14-23(39)35(2)7-8-36(14)24-34-22(38)21(40-24)10-15-3-6-20-17(9-15)12-33-37(20)13-16-4-5-18(25(27,28)29)11-19(16)26(30,31)32/h3-6,9-12,14H,7-8,13H2,1-2H3/b21-10-. The van der Waals surface area contributed by atoms with Gasteiger partial charge in [-0.05, 0) is 60.2 Å². The third-order valence-corrected chi connectivity index (χ3v) is 7.78. The van der Waals surface area contributed by atoms with Crippen LogP contribution in [0.15, 0.2) is 52.5 Å². The summed E-state index contributed by atoms with van der Waals surface area (Å²) in [6, 6.07) is 6.03. The molecular weight excluding hydrogens is 560 g/mol. The maximum Gasteiger partial charge on any atom is 0.416 e. The average Bonchev–Trinajstić information content (AvgIpc) is 3.44. The van der Waals surface area contributed by atoms with E-state index in [9.17, 15) is 35.9 Å². The van der Waals surface area contributed by atoms with Gasteiger partial charge >= 0.3 is 12.4 Å². The SMILES string of the molecule is CC1C(=O)N(C)CCN1C1=NC(=O)/C(=C/c2ccc3c(cnn3Cc3ccc(C(F)(F)F)cc3C(F)(F)F)c2)S1. The summed E-state index contributed by atoms with van der Waals surface area (Å²) < 4.78 is 81.0. The first-order valence-corrected chi connectivity index (χ1v) is 12.8. The molecule has 0 spiro atoms. The van der Waals surface area contributed by atoms with Gasteiger partial charge in [0.2, 0.25) is 5.91 Å². The number of piperazine rings is 1. The lowest BCUT2D eigenvalue weighted by Gasteiger charge is -2.37. The molecule has 14 heteroatoms. The van der Waals surface area contributed by atoms with E-state index in [0.29, 0.717) is 45.7 Å². The molecule has 3 heterocycles. The van der Waals surface area contributed by atoms with Gasteiger partial charge in [-0.25, -0.2) is 0 Å². The molecule has 1 aromatic heterocycles. The van der Waals surface area contributed by atoms with Crippen molar-refractivity contribution >= 4 is 45.7 Å². The van der Waals surface area contributed by atoms with Gasteiger partial charge in [0.25, 0.3) is 5.91 Å². The molecule has 1 saturated heterocycles. The maximum atomic E-state index is 13.6. The summed E-state index contributed by atoms with van der Waals surface area (Å²) in [6.45, 7) is 2.40. The predicted octanol–water partition coefficient (Wildman–Crippen LogP) is 5.26. The van der Waals surface area contributed by atoms with Crippen LogP contribution in [0.2, 0.25) is 0 Å². The van der Waals surface area contributed by atoms with Crippen molar-refractivity contribution in [2.75, 3.05) is 20.1 Å². The Balaban J connectivity index is 1.37. The number of nitrogens with zero attached hydrogens (tertiary/aromatic N) is 5. The van der Waals surface area contributed by atoms with Crippen LogP contribution in [0.1, 0.15) is 29.2 Å². The number of aromatic nitrogens is 2. The number of rotatable bonds is 3. The number of carbonyl (C=O) groups is 2. The summed E-state index contributed by atoms with van der Waals surface area (Å²) in [5.74, 6) is -0.517. The number of amidine groups is 1. The van der Waals surface area contributed by atoms with Crippen LogP contribution in [0.4, 0.5) is 26.3 Å². The molecule has 1 fully saturated rings. The van der Waals surface area contributed by atoms with E-state index >= 15 is 0 Å². The van der Waals surface area contributed by atoms with Gasteiger partial charge in [0.05, 0.1) is 34.3 Å². The van der Waals surface area contributed by atoms with Gasteiger partial charge in [-0.1, -0.05) is 12.1 Å². The number of aliphatic imine (C=N–C) groups is 1. The summed E-state index contributed by atoms with van der Waals surface area (Å²) in [7, 11) is 1.72. The summed E-state index contributed by atoms with van der Waals surface area (Å²) in [4.78, 5) is 32.8. The van der Waals surface area contributed by atoms with Gasteiger partial charge in [-0.15, -0.1) is 0 Å². The molecule has 1 atom stereocenters. The van der Waals surface area contributed by atoms with Crippen LogP contribution in [0, 0.1) is 0 Å². The third-order valence-electron chi connectivity index (χ3n) is 6.76. The van der Waals surface area contributed by atoms with Gasteiger partial charge in [0.15, 0.2) is 5.17 Å². The zero-order valence-electron chi connectivity index (χ0n) is 21.0. The molecule has 7 nitrogen and oxygen atoms in total. The Hall–Kier alpha value is -3.81. The predicted molar refractivity (Wildman–Crippen MR) is 137 cm³/mol. The Morgan fingerprint density at radius 1 is 1.02 bits per heavy atom. The molecule has 5 rings (SSSR count). The lowest BCUT2D eigenvalue weighted by Crippen LogP contribution is -2.55. The fourth-order valence-electron chi connectivity index (χ4n) is 4.58. The topological polar surface area (TPSA) is 70.8 Å². The van der Waals surface area contributed by atoms with E-state index in [2.05, 4.69) is 10.1 Å². The van der Waals surface area contributed by atoms with Gasteiger partial charge in [0.1, 0.15) is 6.04 Å². The zero-order chi connectivity index (χ0) is 29.0. The van der Waals surface area contributed by atoms with Gasteiger partial charge < -0.3 is 9.80 Å². The lowest BCUT2D eigenvalue weighted by atomic mass is 10.0. The van der Waals surface area contributed by atoms with E-state index in [1.54, 1.807) is 48.0 Å². The van der Waals surface area contributed by atoms with Crippen molar-refractivity contribution in [3.05, 3.63) is 69.8 Å². The molecule has 2 aliphatic heterocycles. The van der Waals surface area contributed by atoms with Crippen molar-refractivity contribution in [2.24, 2.45) is 4.99 Å². The number of hydrogen-bond acceptors (Lipinski definition) is 5. The van der Waals surface area contributed by atoms with Crippen molar-refractivity contribution in [1.29, 1.82) is 0 Å².